The van der Waals surface area contributed by atoms with Gasteiger partial charge in [0, 0.05) is 21.9 Å². The Morgan fingerprint density at radius 3 is 2.72 bits per heavy atom. The van der Waals surface area contributed by atoms with Crippen LogP contribution >= 0.6 is 15.9 Å². The zero-order valence-corrected chi connectivity index (χ0v) is 14.5. The lowest BCUT2D eigenvalue weighted by atomic mass is 10.1. The van der Waals surface area contributed by atoms with Crippen LogP contribution in [0, 0.1) is 17.7 Å². The number of halogens is 2. The highest BCUT2D eigenvalue weighted by atomic mass is 79.9. The average molecular weight is 395 g/mol. The van der Waals surface area contributed by atoms with Crippen molar-refractivity contribution >= 4 is 27.5 Å². The number of carbonyl (C=O) groups excluding carboxylic acids is 1. The van der Waals surface area contributed by atoms with Crippen molar-refractivity contribution in [3.8, 4) is 11.8 Å². The Balaban J connectivity index is 1.79. The zero-order valence-electron chi connectivity index (χ0n) is 13.0. The van der Waals surface area contributed by atoms with Crippen LogP contribution in [-0.2, 0) is 0 Å². The SMILES string of the molecule is O=C(Nc1cccc(C#Cc2ccccn2)c1)c1cc(F)ccc1Br. The predicted molar refractivity (Wildman–Crippen MR) is 98.7 cm³/mol. The molecule has 0 saturated heterocycles. The maximum Gasteiger partial charge on any atom is 0.256 e. The van der Waals surface area contributed by atoms with E-state index >= 15 is 0 Å². The second-order valence-corrected chi connectivity index (χ2v) is 5.98. The minimum absolute atomic E-state index is 0.227. The van der Waals surface area contributed by atoms with Crippen LogP contribution in [0.3, 0.4) is 0 Å². The molecule has 0 aliphatic carbocycles. The number of nitrogens with zero attached hydrogens (tertiary/aromatic N) is 1. The Kier molecular flexibility index (Phi) is 5.22. The highest BCUT2D eigenvalue weighted by Crippen LogP contribution is 2.20. The van der Waals surface area contributed by atoms with Gasteiger partial charge in [0.05, 0.1) is 5.56 Å². The van der Waals surface area contributed by atoms with E-state index in [1.165, 1.54) is 18.2 Å². The van der Waals surface area contributed by atoms with Gasteiger partial charge in [0.1, 0.15) is 11.5 Å². The normalized spacial score (nSPS) is 9.84. The van der Waals surface area contributed by atoms with Gasteiger partial charge in [-0.15, -0.1) is 0 Å². The number of amides is 1. The Bertz CT molecular complexity index is 978. The zero-order chi connectivity index (χ0) is 17.6. The van der Waals surface area contributed by atoms with Crippen LogP contribution in [0.2, 0.25) is 0 Å². The van der Waals surface area contributed by atoms with Crippen molar-refractivity contribution in [2.24, 2.45) is 0 Å². The Labute approximate surface area is 153 Å². The van der Waals surface area contributed by atoms with Crippen LogP contribution in [0.15, 0.2) is 71.3 Å². The smallest absolute Gasteiger partial charge is 0.256 e. The number of benzene rings is 2. The third kappa shape index (κ3) is 4.52. The molecular weight excluding hydrogens is 383 g/mol. The topological polar surface area (TPSA) is 42.0 Å². The molecule has 2 aromatic carbocycles. The first-order valence-corrected chi connectivity index (χ1v) is 8.20. The third-order valence-corrected chi connectivity index (χ3v) is 3.98. The molecule has 0 aliphatic heterocycles. The summed E-state index contributed by atoms with van der Waals surface area (Å²) < 4.78 is 13.9. The third-order valence-electron chi connectivity index (χ3n) is 3.29. The fourth-order valence-electron chi connectivity index (χ4n) is 2.12. The molecule has 0 atom stereocenters. The van der Waals surface area contributed by atoms with Gasteiger partial charge in [0.25, 0.3) is 5.91 Å². The van der Waals surface area contributed by atoms with Gasteiger partial charge in [-0.1, -0.05) is 18.1 Å². The summed E-state index contributed by atoms with van der Waals surface area (Å²) in [5.74, 6) is 5.09. The largest absolute Gasteiger partial charge is 0.322 e. The molecule has 0 saturated carbocycles. The first-order valence-electron chi connectivity index (χ1n) is 7.41. The number of aromatic nitrogens is 1. The summed E-state index contributed by atoms with van der Waals surface area (Å²) in [6.07, 6.45) is 1.68. The predicted octanol–water partition coefficient (Wildman–Crippen LogP) is 4.64. The van der Waals surface area contributed by atoms with E-state index in [2.05, 4.69) is 38.1 Å². The van der Waals surface area contributed by atoms with Crippen LogP contribution < -0.4 is 5.32 Å². The molecule has 25 heavy (non-hydrogen) atoms. The Morgan fingerprint density at radius 2 is 1.92 bits per heavy atom. The molecule has 1 aromatic heterocycles. The lowest BCUT2D eigenvalue weighted by molar-refractivity contribution is 0.102. The Hall–Kier alpha value is -2.97. The van der Waals surface area contributed by atoms with E-state index in [9.17, 15) is 9.18 Å². The lowest BCUT2D eigenvalue weighted by Crippen LogP contribution is -2.13. The van der Waals surface area contributed by atoms with Crippen LogP contribution in [0.4, 0.5) is 10.1 Å². The first-order chi connectivity index (χ1) is 12.1. The van der Waals surface area contributed by atoms with E-state index in [4.69, 9.17) is 0 Å². The van der Waals surface area contributed by atoms with E-state index in [1.54, 1.807) is 24.4 Å². The van der Waals surface area contributed by atoms with E-state index < -0.39 is 11.7 Å². The molecule has 1 amide bonds. The molecule has 5 heteroatoms. The number of hydrogen-bond donors (Lipinski definition) is 1. The molecule has 3 rings (SSSR count). The molecule has 3 nitrogen and oxygen atoms in total. The fraction of sp³-hybridized carbons (Fsp3) is 0. The quantitative estimate of drug-likeness (QED) is 0.643. The van der Waals surface area contributed by atoms with Crippen molar-refractivity contribution in [2.75, 3.05) is 5.32 Å². The van der Waals surface area contributed by atoms with Crippen LogP contribution in [0.1, 0.15) is 21.6 Å². The highest BCUT2D eigenvalue weighted by molar-refractivity contribution is 9.10. The second-order valence-electron chi connectivity index (χ2n) is 5.12. The van der Waals surface area contributed by atoms with Crippen molar-refractivity contribution in [2.45, 2.75) is 0 Å². The summed E-state index contributed by atoms with van der Waals surface area (Å²) in [6, 6.07) is 16.6. The minimum Gasteiger partial charge on any atom is -0.322 e. The van der Waals surface area contributed by atoms with Gasteiger partial charge in [0.2, 0.25) is 0 Å². The number of anilines is 1. The summed E-state index contributed by atoms with van der Waals surface area (Å²) in [5.41, 5.74) is 2.21. The van der Waals surface area contributed by atoms with Crippen molar-refractivity contribution in [3.05, 3.63) is 94.0 Å². The molecule has 1 heterocycles. The number of hydrogen-bond acceptors (Lipinski definition) is 2. The van der Waals surface area contributed by atoms with E-state index in [0.29, 0.717) is 15.9 Å². The lowest BCUT2D eigenvalue weighted by Gasteiger charge is -2.07. The van der Waals surface area contributed by atoms with Crippen LogP contribution in [0.25, 0.3) is 0 Å². The van der Waals surface area contributed by atoms with Gasteiger partial charge in [0.15, 0.2) is 0 Å². The summed E-state index contributed by atoms with van der Waals surface area (Å²) in [6.45, 7) is 0. The van der Waals surface area contributed by atoms with E-state index in [-0.39, 0.29) is 5.56 Å². The molecule has 0 unspecified atom stereocenters. The average Bonchev–Trinajstić information content (AvgIpc) is 2.63. The molecule has 3 aromatic rings. The highest BCUT2D eigenvalue weighted by Gasteiger charge is 2.11. The molecule has 1 N–H and O–H groups in total. The summed E-state index contributed by atoms with van der Waals surface area (Å²) in [4.78, 5) is 16.5. The molecule has 0 bridgehead atoms. The van der Waals surface area contributed by atoms with Crippen molar-refractivity contribution in [3.63, 3.8) is 0 Å². The van der Waals surface area contributed by atoms with E-state index in [1.807, 2.05) is 24.3 Å². The molecule has 0 radical (unpaired) electrons. The van der Waals surface area contributed by atoms with Crippen molar-refractivity contribution < 1.29 is 9.18 Å². The first kappa shape index (κ1) is 16.9. The van der Waals surface area contributed by atoms with Gasteiger partial charge in [-0.05, 0) is 70.4 Å². The van der Waals surface area contributed by atoms with Crippen LogP contribution in [-0.4, -0.2) is 10.9 Å². The van der Waals surface area contributed by atoms with Crippen LogP contribution in [0.5, 0.6) is 0 Å². The van der Waals surface area contributed by atoms with Gasteiger partial charge in [-0.2, -0.15) is 0 Å². The molecule has 122 valence electrons. The van der Waals surface area contributed by atoms with Gasteiger partial charge < -0.3 is 5.32 Å². The minimum atomic E-state index is -0.469. The maximum atomic E-state index is 13.3. The number of rotatable bonds is 2. The van der Waals surface area contributed by atoms with Crippen molar-refractivity contribution in [1.29, 1.82) is 0 Å². The van der Waals surface area contributed by atoms with E-state index in [0.717, 1.165) is 5.56 Å². The standard InChI is InChI=1S/C20H12BrFN2O/c21-19-10-8-15(22)13-18(19)20(25)24-17-6-3-4-14(12-17)7-9-16-5-1-2-11-23-16/h1-6,8,10-13H,(H,24,25). The summed E-state index contributed by atoms with van der Waals surface area (Å²) in [7, 11) is 0. The summed E-state index contributed by atoms with van der Waals surface area (Å²) in [5, 5.41) is 2.75. The van der Waals surface area contributed by atoms with Gasteiger partial charge >= 0.3 is 0 Å². The number of carbonyl (C=O) groups is 1. The Morgan fingerprint density at radius 1 is 1.04 bits per heavy atom. The molecule has 0 spiro atoms. The van der Waals surface area contributed by atoms with Gasteiger partial charge in [-0.25, -0.2) is 9.37 Å². The molecular formula is C20H12BrFN2O. The molecule has 0 fully saturated rings. The number of pyridine rings is 1. The summed E-state index contributed by atoms with van der Waals surface area (Å²) >= 11 is 3.25. The van der Waals surface area contributed by atoms with Gasteiger partial charge in [-0.3, -0.25) is 4.79 Å². The number of nitrogens with one attached hydrogen (secondary N) is 1. The van der Waals surface area contributed by atoms with Crippen molar-refractivity contribution in [1.82, 2.24) is 4.98 Å². The monoisotopic (exact) mass is 394 g/mol. The second kappa shape index (κ2) is 7.73. The fourth-order valence-corrected chi connectivity index (χ4v) is 2.54. The maximum absolute atomic E-state index is 13.3. The molecule has 0 aliphatic rings.